The van der Waals surface area contributed by atoms with Crippen LogP contribution >= 0.6 is 0 Å². The number of amides is 1. The van der Waals surface area contributed by atoms with E-state index in [0.717, 1.165) is 17.0 Å². The fourth-order valence-electron chi connectivity index (χ4n) is 3.09. The number of primary amides is 1. The summed E-state index contributed by atoms with van der Waals surface area (Å²) in [6.45, 7) is 0.192. The van der Waals surface area contributed by atoms with Crippen molar-refractivity contribution in [3.63, 3.8) is 0 Å². The van der Waals surface area contributed by atoms with Crippen molar-refractivity contribution in [2.75, 3.05) is 17.2 Å². The third-order valence-corrected chi connectivity index (χ3v) is 4.66. The van der Waals surface area contributed by atoms with E-state index in [2.05, 4.69) is 25.6 Å². The number of carbonyl (C=O) groups is 1. The number of nitrogens with two attached hydrogens (primary N) is 2. The highest BCUT2D eigenvalue weighted by molar-refractivity contribution is 5.99. The molecule has 0 unspecified atom stereocenters. The summed E-state index contributed by atoms with van der Waals surface area (Å²) in [6.07, 6.45) is 3.34. The zero-order chi connectivity index (χ0) is 21.8. The third-order valence-electron chi connectivity index (χ3n) is 4.66. The molecule has 4 aromatic rings. The van der Waals surface area contributed by atoms with Gasteiger partial charge in [0.15, 0.2) is 11.6 Å². The van der Waals surface area contributed by atoms with E-state index in [1.54, 1.807) is 30.6 Å². The molecule has 6 N–H and O–H groups in total. The Kier molecular flexibility index (Phi) is 5.67. The Balaban J connectivity index is 1.60. The molecule has 0 saturated carbocycles. The Bertz CT molecular complexity index is 1230. The van der Waals surface area contributed by atoms with Crippen LogP contribution in [0.2, 0.25) is 0 Å². The summed E-state index contributed by atoms with van der Waals surface area (Å²) in [5.41, 5.74) is 13.6. The van der Waals surface area contributed by atoms with Gasteiger partial charge in [-0.3, -0.25) is 14.8 Å². The number of fused-ring (bicyclic) bond motifs is 1. The van der Waals surface area contributed by atoms with Gasteiger partial charge in [0.25, 0.3) is 5.91 Å². The Morgan fingerprint density at radius 3 is 2.65 bits per heavy atom. The maximum absolute atomic E-state index is 14.6. The Labute approximate surface area is 177 Å². The van der Waals surface area contributed by atoms with Crippen molar-refractivity contribution in [3.05, 3.63) is 84.1 Å². The molecule has 0 aliphatic rings. The zero-order valence-electron chi connectivity index (χ0n) is 16.4. The van der Waals surface area contributed by atoms with Gasteiger partial charge in [-0.25, -0.2) is 9.37 Å². The molecular weight excluding hydrogens is 397 g/mol. The molecule has 156 valence electrons. The number of hydrogen-bond acceptors (Lipinski definition) is 7. The highest BCUT2D eigenvalue weighted by Crippen LogP contribution is 2.26. The van der Waals surface area contributed by atoms with Crippen molar-refractivity contribution in [2.24, 2.45) is 11.5 Å². The predicted molar refractivity (Wildman–Crippen MR) is 117 cm³/mol. The highest BCUT2D eigenvalue weighted by Gasteiger charge is 2.17. The van der Waals surface area contributed by atoms with Crippen LogP contribution in [-0.4, -0.2) is 27.4 Å². The van der Waals surface area contributed by atoms with Gasteiger partial charge in [-0.15, -0.1) is 0 Å². The van der Waals surface area contributed by atoms with Crippen molar-refractivity contribution in [1.29, 1.82) is 0 Å². The first-order chi connectivity index (χ1) is 15.0. The molecule has 1 atom stereocenters. The number of carbonyl (C=O) groups excluding carboxylic acids is 1. The van der Waals surface area contributed by atoms with Gasteiger partial charge in [0.05, 0.1) is 22.8 Å². The number of anilines is 3. The molecule has 0 radical (unpaired) electrons. The number of nitrogens with one attached hydrogen (secondary N) is 2. The normalized spacial score (nSPS) is 11.8. The molecule has 1 amide bonds. The topological polar surface area (TPSA) is 132 Å². The van der Waals surface area contributed by atoms with Crippen LogP contribution in [0.15, 0.2) is 67.0 Å². The van der Waals surface area contributed by atoms with Crippen LogP contribution in [-0.2, 0) is 0 Å². The summed E-state index contributed by atoms with van der Waals surface area (Å²) in [4.78, 5) is 24.6. The van der Waals surface area contributed by atoms with E-state index >= 15 is 0 Å². The van der Waals surface area contributed by atoms with E-state index < -0.39 is 17.8 Å². The first-order valence-corrected chi connectivity index (χ1v) is 9.54. The van der Waals surface area contributed by atoms with E-state index in [4.69, 9.17) is 11.5 Å². The Morgan fingerprint density at radius 1 is 1.03 bits per heavy atom. The number of aromatic nitrogens is 3. The average Bonchev–Trinajstić information content (AvgIpc) is 2.79. The summed E-state index contributed by atoms with van der Waals surface area (Å²) >= 11 is 0. The van der Waals surface area contributed by atoms with E-state index in [-0.39, 0.29) is 23.7 Å². The predicted octanol–water partition coefficient (Wildman–Crippen LogP) is 3.12. The van der Waals surface area contributed by atoms with E-state index in [9.17, 15) is 9.18 Å². The molecule has 0 aliphatic heterocycles. The minimum Gasteiger partial charge on any atom is -0.366 e. The number of pyridine rings is 3. The molecule has 9 heteroatoms. The summed E-state index contributed by atoms with van der Waals surface area (Å²) in [5.74, 6) is -1.43. The fourth-order valence-corrected chi connectivity index (χ4v) is 3.09. The van der Waals surface area contributed by atoms with Crippen LogP contribution in [0, 0.1) is 5.82 Å². The molecule has 0 fully saturated rings. The van der Waals surface area contributed by atoms with Crippen LogP contribution in [0.1, 0.15) is 22.1 Å². The van der Waals surface area contributed by atoms with Gasteiger partial charge in [0.1, 0.15) is 5.82 Å². The molecule has 1 aromatic carbocycles. The fraction of sp³-hybridized carbons (Fsp3) is 0.0909. The molecule has 0 bridgehead atoms. The Hall–Kier alpha value is -4.11. The highest BCUT2D eigenvalue weighted by atomic mass is 19.1. The average molecular weight is 417 g/mol. The maximum atomic E-state index is 14.6. The summed E-state index contributed by atoms with van der Waals surface area (Å²) in [5, 5.41) is 6.82. The number of hydrogen-bond donors (Lipinski definition) is 4. The van der Waals surface area contributed by atoms with E-state index in [1.807, 2.05) is 30.3 Å². The van der Waals surface area contributed by atoms with Crippen LogP contribution < -0.4 is 22.1 Å². The second-order valence-electron chi connectivity index (χ2n) is 6.86. The monoisotopic (exact) mass is 417 g/mol. The van der Waals surface area contributed by atoms with Gasteiger partial charge in [0, 0.05) is 30.0 Å². The first kappa shape index (κ1) is 20.2. The van der Waals surface area contributed by atoms with Gasteiger partial charge < -0.3 is 22.1 Å². The van der Waals surface area contributed by atoms with E-state index in [1.165, 1.54) is 0 Å². The number of halogens is 1. The molecule has 8 nitrogen and oxygen atoms in total. The van der Waals surface area contributed by atoms with Crippen LogP contribution in [0.4, 0.5) is 21.7 Å². The second kappa shape index (κ2) is 8.72. The Morgan fingerprint density at radius 2 is 1.87 bits per heavy atom. The van der Waals surface area contributed by atoms with E-state index in [0.29, 0.717) is 11.4 Å². The standard InChI is InChI=1S/C22H20FN7O/c23-16-11-15(20(25)31)21(29-14-6-7-18-13(10-14)4-3-9-26-18)30-22(16)28-12-17(24)19-5-1-2-8-27-19/h1-11,17H,12,24H2,(H2,25,31)(H2,28,29,30)/t17-/m1/s1. The molecule has 3 aromatic heterocycles. The SMILES string of the molecule is NC(=O)c1cc(F)c(NC[C@@H](N)c2ccccn2)nc1Nc1ccc2ncccc2c1. The van der Waals surface area contributed by atoms with Gasteiger partial charge in [-0.1, -0.05) is 12.1 Å². The van der Waals surface area contributed by atoms with Crippen LogP contribution in [0.3, 0.4) is 0 Å². The lowest BCUT2D eigenvalue weighted by Gasteiger charge is -2.16. The van der Waals surface area contributed by atoms with Gasteiger partial charge in [-0.05, 0) is 42.5 Å². The molecule has 31 heavy (non-hydrogen) atoms. The minimum absolute atomic E-state index is 0.0543. The van der Waals surface area contributed by atoms with Crippen LogP contribution in [0.25, 0.3) is 10.9 Å². The van der Waals surface area contributed by atoms with Crippen molar-refractivity contribution < 1.29 is 9.18 Å². The number of nitrogens with zero attached hydrogens (tertiary/aromatic N) is 3. The van der Waals surface area contributed by atoms with Crippen molar-refractivity contribution in [1.82, 2.24) is 15.0 Å². The van der Waals surface area contributed by atoms with Crippen molar-refractivity contribution >= 4 is 34.1 Å². The molecule has 4 rings (SSSR count). The maximum Gasteiger partial charge on any atom is 0.252 e. The molecular formula is C22H20FN7O. The largest absolute Gasteiger partial charge is 0.366 e. The summed E-state index contributed by atoms with van der Waals surface area (Å²) in [6, 6.07) is 15.2. The summed E-state index contributed by atoms with van der Waals surface area (Å²) < 4.78 is 14.6. The first-order valence-electron chi connectivity index (χ1n) is 9.54. The lowest BCUT2D eigenvalue weighted by Crippen LogP contribution is -2.23. The van der Waals surface area contributed by atoms with Crippen molar-refractivity contribution in [2.45, 2.75) is 6.04 Å². The van der Waals surface area contributed by atoms with Gasteiger partial charge >= 0.3 is 0 Å². The number of rotatable bonds is 7. The molecule has 0 saturated heterocycles. The smallest absolute Gasteiger partial charge is 0.252 e. The second-order valence-corrected chi connectivity index (χ2v) is 6.86. The number of benzene rings is 1. The lowest BCUT2D eigenvalue weighted by molar-refractivity contribution is 0.100. The van der Waals surface area contributed by atoms with Crippen molar-refractivity contribution in [3.8, 4) is 0 Å². The minimum atomic E-state index is -0.798. The molecule has 3 heterocycles. The zero-order valence-corrected chi connectivity index (χ0v) is 16.4. The van der Waals surface area contributed by atoms with Crippen LogP contribution in [0.5, 0.6) is 0 Å². The van der Waals surface area contributed by atoms with Gasteiger partial charge in [0.2, 0.25) is 0 Å². The lowest BCUT2D eigenvalue weighted by atomic mass is 10.1. The third kappa shape index (κ3) is 4.57. The van der Waals surface area contributed by atoms with Gasteiger partial charge in [-0.2, -0.15) is 0 Å². The quantitative estimate of drug-likeness (QED) is 0.363. The summed E-state index contributed by atoms with van der Waals surface area (Å²) in [7, 11) is 0. The molecule has 0 aliphatic carbocycles. The molecule has 0 spiro atoms.